The molecule has 7 nitrogen and oxygen atoms in total. The van der Waals surface area contributed by atoms with Crippen molar-refractivity contribution in [3.63, 3.8) is 0 Å². The summed E-state index contributed by atoms with van der Waals surface area (Å²) in [6, 6.07) is 1.65. The van der Waals surface area contributed by atoms with E-state index in [1.807, 2.05) is 0 Å². The summed E-state index contributed by atoms with van der Waals surface area (Å²) in [6.07, 6.45) is 0. The van der Waals surface area contributed by atoms with E-state index >= 15 is 0 Å². The van der Waals surface area contributed by atoms with Gasteiger partial charge in [-0.1, -0.05) is 0 Å². The van der Waals surface area contributed by atoms with Gasteiger partial charge in [0.25, 0.3) is 5.82 Å². The lowest BCUT2D eigenvalue weighted by Gasteiger charge is -1.91. The van der Waals surface area contributed by atoms with Crippen LogP contribution in [0.2, 0.25) is 0 Å². The van der Waals surface area contributed by atoms with Crippen LogP contribution < -0.4 is 0 Å². The number of nitrogens with zero attached hydrogens (tertiary/aromatic N) is 4. The third kappa shape index (κ3) is 1.34. The minimum absolute atomic E-state index is 0.100. The molecule has 0 radical (unpaired) electrons. The number of nitro groups is 1. The van der Waals surface area contributed by atoms with Crippen molar-refractivity contribution in [3.05, 3.63) is 21.6 Å². The smallest absolute Gasteiger partial charge is 0.386 e. The van der Waals surface area contributed by atoms with E-state index in [9.17, 15) is 10.1 Å². The van der Waals surface area contributed by atoms with Gasteiger partial charge in [-0.15, -0.1) is 0 Å². The highest BCUT2D eigenvalue weighted by Gasteiger charge is 2.24. The lowest BCUT2D eigenvalue weighted by Crippen LogP contribution is -1.99. The van der Waals surface area contributed by atoms with E-state index in [-0.39, 0.29) is 11.5 Å². The second-order valence-electron chi connectivity index (χ2n) is 2.29. The molecule has 13 heavy (non-hydrogen) atoms. The predicted octanol–water partition coefficient (Wildman–Crippen LogP) is -0.308. The van der Waals surface area contributed by atoms with Crippen molar-refractivity contribution in [2.24, 2.45) is 7.05 Å². The molecule has 0 saturated carbocycles. The van der Waals surface area contributed by atoms with Crippen LogP contribution in [-0.4, -0.2) is 19.6 Å². The number of nitriles is 1. The molecule has 0 aliphatic rings. The summed E-state index contributed by atoms with van der Waals surface area (Å²) in [5, 5.41) is 27.6. The quantitative estimate of drug-likeness (QED) is 0.499. The Hall–Kier alpha value is -1.94. The Morgan fingerprint density at radius 2 is 2.46 bits per heavy atom. The van der Waals surface area contributed by atoms with E-state index in [0.29, 0.717) is 0 Å². The zero-order chi connectivity index (χ0) is 10.0. The Morgan fingerprint density at radius 3 is 2.77 bits per heavy atom. The molecule has 0 aromatic carbocycles. The SMILES string of the molecule is Cn1c(CO)nc([N+](=O)[O-])c1C#N. The molecule has 1 aromatic heterocycles. The van der Waals surface area contributed by atoms with Gasteiger partial charge in [0.15, 0.2) is 0 Å². The second kappa shape index (κ2) is 3.20. The molecule has 1 N–H and O–H groups in total. The molecule has 0 spiro atoms. The molecule has 0 aliphatic carbocycles. The number of aliphatic hydroxyl groups excluding tert-OH is 1. The van der Waals surface area contributed by atoms with Crippen LogP contribution in [0, 0.1) is 21.4 Å². The highest BCUT2D eigenvalue weighted by Crippen LogP contribution is 2.16. The molecule has 68 valence electrons. The van der Waals surface area contributed by atoms with Gasteiger partial charge in [-0.25, -0.2) is 0 Å². The number of rotatable bonds is 2. The molecule has 0 amide bonds. The minimum atomic E-state index is -0.752. The molecular formula is C6H6N4O3. The van der Waals surface area contributed by atoms with Crippen LogP contribution in [0.4, 0.5) is 5.82 Å². The van der Waals surface area contributed by atoms with Crippen molar-refractivity contribution in [1.29, 1.82) is 5.26 Å². The number of imidazole rings is 1. The first-order valence-electron chi connectivity index (χ1n) is 3.32. The molecule has 0 aliphatic heterocycles. The summed E-state index contributed by atoms with van der Waals surface area (Å²) < 4.78 is 1.19. The Bertz CT molecular complexity index is 389. The predicted molar refractivity (Wildman–Crippen MR) is 40.5 cm³/mol. The van der Waals surface area contributed by atoms with Gasteiger partial charge < -0.3 is 15.2 Å². The summed E-state index contributed by atoms with van der Waals surface area (Å²) in [5.74, 6) is -0.419. The monoisotopic (exact) mass is 182 g/mol. The van der Waals surface area contributed by atoms with Gasteiger partial charge in [0.1, 0.15) is 12.7 Å². The first-order chi connectivity index (χ1) is 6.11. The molecule has 0 saturated heterocycles. The van der Waals surface area contributed by atoms with Crippen molar-refractivity contribution in [1.82, 2.24) is 9.55 Å². The highest BCUT2D eigenvalue weighted by atomic mass is 16.6. The van der Waals surface area contributed by atoms with Crippen LogP contribution in [0.25, 0.3) is 0 Å². The van der Waals surface area contributed by atoms with Crippen LogP contribution in [0.3, 0.4) is 0 Å². The van der Waals surface area contributed by atoms with E-state index in [4.69, 9.17) is 10.4 Å². The fourth-order valence-corrected chi connectivity index (χ4v) is 0.923. The fraction of sp³-hybridized carbons (Fsp3) is 0.333. The molecule has 7 heteroatoms. The average Bonchev–Trinajstić information content (AvgIpc) is 2.42. The normalized spacial score (nSPS) is 9.62. The van der Waals surface area contributed by atoms with Crippen LogP contribution >= 0.6 is 0 Å². The largest absolute Gasteiger partial charge is 0.400 e. The third-order valence-corrected chi connectivity index (χ3v) is 1.59. The summed E-state index contributed by atoms with van der Waals surface area (Å²) >= 11 is 0. The zero-order valence-corrected chi connectivity index (χ0v) is 6.76. The molecule has 1 rings (SSSR count). The molecule has 0 unspecified atom stereocenters. The van der Waals surface area contributed by atoms with Crippen molar-refractivity contribution < 1.29 is 10.0 Å². The standard InChI is InChI=1S/C6H6N4O3/c1-9-4(2-7)6(10(12)13)8-5(9)3-11/h11H,3H2,1H3. The number of hydrogen-bond donors (Lipinski definition) is 1. The third-order valence-electron chi connectivity index (χ3n) is 1.59. The van der Waals surface area contributed by atoms with Gasteiger partial charge in [0, 0.05) is 7.05 Å². The summed E-state index contributed by atoms with van der Waals surface area (Å²) in [6.45, 7) is -0.432. The lowest BCUT2D eigenvalue weighted by atomic mass is 10.5. The van der Waals surface area contributed by atoms with Crippen molar-refractivity contribution in [3.8, 4) is 6.07 Å². The second-order valence-corrected chi connectivity index (χ2v) is 2.29. The highest BCUT2D eigenvalue weighted by molar-refractivity contribution is 5.39. The van der Waals surface area contributed by atoms with E-state index in [0.717, 1.165) is 0 Å². The summed E-state index contributed by atoms with van der Waals surface area (Å²) in [7, 11) is 1.43. The first-order valence-corrected chi connectivity index (χ1v) is 3.32. The van der Waals surface area contributed by atoms with Crippen molar-refractivity contribution in [2.45, 2.75) is 6.61 Å². The molecular weight excluding hydrogens is 176 g/mol. The van der Waals surface area contributed by atoms with E-state index in [1.165, 1.54) is 11.6 Å². The maximum absolute atomic E-state index is 10.4. The minimum Gasteiger partial charge on any atom is -0.386 e. The zero-order valence-electron chi connectivity index (χ0n) is 6.76. The van der Waals surface area contributed by atoms with E-state index in [1.54, 1.807) is 6.07 Å². The Morgan fingerprint density at radius 1 is 1.85 bits per heavy atom. The van der Waals surface area contributed by atoms with Gasteiger partial charge in [0.05, 0.1) is 0 Å². The van der Waals surface area contributed by atoms with E-state index < -0.39 is 17.3 Å². The van der Waals surface area contributed by atoms with Crippen LogP contribution in [0.15, 0.2) is 0 Å². The Balaban J connectivity index is 3.38. The van der Waals surface area contributed by atoms with E-state index in [2.05, 4.69) is 4.98 Å². The topological polar surface area (TPSA) is 105 Å². The number of hydrogen-bond acceptors (Lipinski definition) is 5. The van der Waals surface area contributed by atoms with Crippen molar-refractivity contribution >= 4 is 5.82 Å². The molecule has 1 heterocycles. The van der Waals surface area contributed by atoms with Crippen molar-refractivity contribution in [2.75, 3.05) is 0 Å². The first kappa shape index (κ1) is 9.15. The maximum Gasteiger partial charge on any atom is 0.400 e. The summed E-state index contributed by atoms with van der Waals surface area (Å²) in [5.41, 5.74) is -0.158. The van der Waals surface area contributed by atoms with Crippen LogP contribution in [0.1, 0.15) is 11.5 Å². The van der Waals surface area contributed by atoms with Gasteiger partial charge in [0.2, 0.25) is 5.69 Å². The molecule has 0 bridgehead atoms. The molecule has 0 atom stereocenters. The van der Waals surface area contributed by atoms with Gasteiger partial charge in [-0.3, -0.25) is 4.57 Å². The van der Waals surface area contributed by atoms with Gasteiger partial charge in [-0.05, 0) is 9.91 Å². The lowest BCUT2D eigenvalue weighted by molar-refractivity contribution is -0.389. The maximum atomic E-state index is 10.4. The van der Waals surface area contributed by atoms with Crippen LogP contribution in [0.5, 0.6) is 0 Å². The Labute approximate surface area is 73.0 Å². The Kier molecular flexibility index (Phi) is 2.25. The number of aromatic nitrogens is 2. The summed E-state index contributed by atoms with van der Waals surface area (Å²) in [4.78, 5) is 13.1. The average molecular weight is 182 g/mol. The molecule has 1 aromatic rings. The van der Waals surface area contributed by atoms with Crippen LogP contribution in [-0.2, 0) is 13.7 Å². The van der Waals surface area contributed by atoms with Gasteiger partial charge in [-0.2, -0.15) is 5.26 Å². The number of aliphatic hydroxyl groups is 1. The fourth-order valence-electron chi connectivity index (χ4n) is 0.923. The molecule has 0 fully saturated rings. The van der Waals surface area contributed by atoms with Gasteiger partial charge >= 0.3 is 5.82 Å².